The lowest BCUT2D eigenvalue weighted by Gasteiger charge is -1.96. The van der Waals surface area contributed by atoms with E-state index in [9.17, 15) is 14.9 Å². The second-order valence-corrected chi connectivity index (χ2v) is 1.42. The van der Waals surface area contributed by atoms with Gasteiger partial charge in [0.05, 0.1) is 6.42 Å². The van der Waals surface area contributed by atoms with Crippen LogP contribution in [0.15, 0.2) is 12.3 Å². The zero-order valence-electron chi connectivity index (χ0n) is 4.94. The van der Waals surface area contributed by atoms with E-state index in [2.05, 4.69) is 11.4 Å². The van der Waals surface area contributed by atoms with Crippen molar-refractivity contribution in [3.8, 4) is 0 Å². The van der Waals surface area contributed by atoms with Gasteiger partial charge in [0.25, 0.3) is 5.09 Å². The third-order valence-corrected chi connectivity index (χ3v) is 0.552. The van der Waals surface area contributed by atoms with E-state index in [1.165, 1.54) is 0 Å². The van der Waals surface area contributed by atoms with Crippen molar-refractivity contribution in [1.82, 2.24) is 0 Å². The number of aliphatic carboxylic acids is 1. The van der Waals surface area contributed by atoms with Gasteiger partial charge in [-0.3, -0.25) is 9.63 Å². The van der Waals surface area contributed by atoms with Crippen LogP contribution in [0.5, 0.6) is 0 Å². The van der Waals surface area contributed by atoms with Gasteiger partial charge in [0.15, 0.2) is 0 Å². The van der Waals surface area contributed by atoms with Crippen LogP contribution in [0.25, 0.3) is 0 Å². The molecule has 0 saturated carbocycles. The molecule has 0 aliphatic carbocycles. The Morgan fingerprint density at radius 3 is 2.60 bits per heavy atom. The smallest absolute Gasteiger partial charge is 0.309 e. The Hall–Kier alpha value is -1.59. The number of hydrogen-bond acceptors (Lipinski definition) is 4. The third-order valence-electron chi connectivity index (χ3n) is 0.552. The van der Waals surface area contributed by atoms with Crippen LogP contribution in [-0.4, -0.2) is 16.2 Å². The maximum atomic E-state index is 9.83. The third kappa shape index (κ3) is 4.57. The molecule has 0 aromatic rings. The van der Waals surface area contributed by atoms with Gasteiger partial charge in [-0.25, -0.2) is 0 Å². The number of rotatable bonds is 4. The lowest BCUT2D eigenvalue weighted by molar-refractivity contribution is -0.743. The lowest BCUT2D eigenvalue weighted by atomic mass is 10.4. The van der Waals surface area contributed by atoms with Gasteiger partial charge in [-0.1, -0.05) is 6.58 Å². The van der Waals surface area contributed by atoms with Gasteiger partial charge in [0.2, 0.25) is 0 Å². The highest BCUT2D eigenvalue weighted by Crippen LogP contribution is 1.98. The second kappa shape index (κ2) is 3.44. The Balaban J connectivity index is 3.65. The van der Waals surface area contributed by atoms with Crippen LogP contribution in [0.3, 0.4) is 0 Å². The minimum Gasteiger partial charge on any atom is -0.481 e. The van der Waals surface area contributed by atoms with Crippen LogP contribution < -0.4 is 0 Å². The van der Waals surface area contributed by atoms with E-state index in [4.69, 9.17) is 5.11 Å². The van der Waals surface area contributed by atoms with E-state index in [-0.39, 0.29) is 0 Å². The maximum Gasteiger partial charge on any atom is 0.309 e. The van der Waals surface area contributed by atoms with Gasteiger partial charge in [0.1, 0.15) is 5.76 Å². The maximum absolute atomic E-state index is 9.83. The summed E-state index contributed by atoms with van der Waals surface area (Å²) in [6, 6.07) is 0. The number of carboxylic acid groups (broad SMARTS) is 1. The van der Waals surface area contributed by atoms with Crippen LogP contribution in [-0.2, 0) is 9.63 Å². The quantitative estimate of drug-likeness (QED) is 0.348. The van der Waals surface area contributed by atoms with E-state index < -0.39 is 23.2 Å². The molecular formula is C4H5NO5. The highest BCUT2D eigenvalue weighted by atomic mass is 17.0. The fraction of sp³-hybridized carbons (Fsp3) is 0.250. The average molecular weight is 147 g/mol. The molecule has 1 N–H and O–H groups in total. The van der Waals surface area contributed by atoms with E-state index >= 15 is 0 Å². The Bertz CT molecular complexity index is 156. The second-order valence-electron chi connectivity index (χ2n) is 1.42. The zero-order chi connectivity index (χ0) is 8.15. The Morgan fingerprint density at radius 1 is 1.80 bits per heavy atom. The molecular weight excluding hydrogens is 142 g/mol. The molecule has 0 saturated heterocycles. The molecule has 6 heteroatoms. The Morgan fingerprint density at radius 2 is 2.30 bits per heavy atom. The van der Waals surface area contributed by atoms with Crippen molar-refractivity contribution in [2.75, 3.05) is 0 Å². The molecule has 0 amide bonds. The number of nitrogens with zero attached hydrogens (tertiary/aromatic N) is 1. The Labute approximate surface area is 55.8 Å². The minimum atomic E-state index is -1.22. The minimum absolute atomic E-state index is 0.391. The molecule has 0 heterocycles. The SMILES string of the molecule is C=C(CC(=O)O)O[N+](=O)[O-]. The molecule has 56 valence electrons. The highest BCUT2D eigenvalue weighted by Gasteiger charge is 2.04. The zero-order valence-corrected chi connectivity index (χ0v) is 4.94. The summed E-state index contributed by atoms with van der Waals surface area (Å²) in [7, 11) is 0. The van der Waals surface area contributed by atoms with Crippen LogP contribution in [0, 0.1) is 10.1 Å². The van der Waals surface area contributed by atoms with E-state index in [0.717, 1.165) is 0 Å². The van der Waals surface area contributed by atoms with Crippen LogP contribution >= 0.6 is 0 Å². The standard InChI is InChI=1S/C4H5NO5/c1-3(2-4(6)7)10-5(8)9/h1-2H2,(H,6,7). The van der Waals surface area contributed by atoms with Crippen molar-refractivity contribution in [2.24, 2.45) is 0 Å². The van der Waals surface area contributed by atoms with E-state index in [1.54, 1.807) is 0 Å². The summed E-state index contributed by atoms with van der Waals surface area (Å²) >= 11 is 0. The van der Waals surface area contributed by atoms with E-state index in [0.29, 0.717) is 0 Å². The molecule has 0 atom stereocenters. The van der Waals surface area contributed by atoms with Gasteiger partial charge in [0, 0.05) is 0 Å². The van der Waals surface area contributed by atoms with Gasteiger partial charge in [-0.15, -0.1) is 10.1 Å². The van der Waals surface area contributed by atoms with Gasteiger partial charge < -0.3 is 5.11 Å². The largest absolute Gasteiger partial charge is 0.481 e. The molecule has 0 aliphatic rings. The van der Waals surface area contributed by atoms with Crippen molar-refractivity contribution < 1.29 is 19.8 Å². The first-order valence-corrected chi connectivity index (χ1v) is 2.24. The molecule has 6 nitrogen and oxygen atoms in total. The van der Waals surface area contributed by atoms with Crippen LogP contribution in [0.2, 0.25) is 0 Å². The molecule has 0 aromatic heterocycles. The Kier molecular flexibility index (Phi) is 2.89. The molecule has 0 aliphatic heterocycles. The first-order chi connectivity index (χ1) is 4.52. The first kappa shape index (κ1) is 8.41. The highest BCUT2D eigenvalue weighted by molar-refractivity contribution is 5.69. The fourth-order valence-corrected chi connectivity index (χ4v) is 0.306. The van der Waals surface area contributed by atoms with Gasteiger partial charge in [-0.05, 0) is 0 Å². The summed E-state index contributed by atoms with van der Waals surface area (Å²) in [5, 5.41) is 16.4. The first-order valence-electron chi connectivity index (χ1n) is 2.24. The van der Waals surface area contributed by atoms with Gasteiger partial charge >= 0.3 is 5.97 Å². The van der Waals surface area contributed by atoms with E-state index in [1.807, 2.05) is 0 Å². The van der Waals surface area contributed by atoms with Crippen molar-refractivity contribution in [2.45, 2.75) is 6.42 Å². The summed E-state index contributed by atoms with van der Waals surface area (Å²) in [5.74, 6) is -1.61. The lowest BCUT2D eigenvalue weighted by Crippen LogP contribution is -2.04. The molecule has 0 unspecified atom stereocenters. The average Bonchev–Trinajstić information content (AvgIpc) is 1.58. The number of carbonyl (C=O) groups is 1. The van der Waals surface area contributed by atoms with Crippen molar-refractivity contribution >= 4 is 5.97 Å². The molecule has 0 rings (SSSR count). The summed E-state index contributed by atoms with van der Waals surface area (Å²) in [4.78, 5) is 23.1. The predicted octanol–water partition coefficient (Wildman–Crippen LogP) is 0.183. The predicted molar refractivity (Wildman–Crippen MR) is 29.5 cm³/mol. The fourth-order valence-electron chi connectivity index (χ4n) is 0.306. The molecule has 0 spiro atoms. The molecule has 0 aromatic carbocycles. The summed E-state index contributed by atoms with van der Waals surface area (Å²) in [6.45, 7) is 2.99. The van der Waals surface area contributed by atoms with Crippen LogP contribution in [0.4, 0.5) is 0 Å². The van der Waals surface area contributed by atoms with Crippen molar-refractivity contribution in [3.05, 3.63) is 22.5 Å². The normalized spacial score (nSPS) is 8.40. The summed E-state index contributed by atoms with van der Waals surface area (Å²) < 4.78 is 0. The number of carboxylic acids is 1. The van der Waals surface area contributed by atoms with Crippen LogP contribution in [0.1, 0.15) is 6.42 Å². The number of hydrogen-bond donors (Lipinski definition) is 1. The topological polar surface area (TPSA) is 89.7 Å². The summed E-state index contributed by atoms with van der Waals surface area (Å²) in [6.07, 6.45) is -0.555. The van der Waals surface area contributed by atoms with Gasteiger partial charge in [-0.2, -0.15) is 0 Å². The molecule has 0 bridgehead atoms. The molecule has 10 heavy (non-hydrogen) atoms. The molecule has 0 radical (unpaired) electrons. The monoisotopic (exact) mass is 147 g/mol. The summed E-state index contributed by atoms with van der Waals surface area (Å²) in [5.41, 5.74) is 0. The van der Waals surface area contributed by atoms with Crippen molar-refractivity contribution in [1.29, 1.82) is 0 Å². The van der Waals surface area contributed by atoms with Crippen molar-refractivity contribution in [3.63, 3.8) is 0 Å². The molecule has 0 fully saturated rings.